The zero-order valence-corrected chi connectivity index (χ0v) is 19.0. The van der Waals surface area contributed by atoms with Gasteiger partial charge in [-0.2, -0.15) is 4.31 Å². The van der Waals surface area contributed by atoms with E-state index >= 15 is 0 Å². The second kappa shape index (κ2) is 8.95. The first-order valence-corrected chi connectivity index (χ1v) is 12.8. The number of halogens is 1. The number of sulfonamides is 1. The molecule has 2 fully saturated rings. The summed E-state index contributed by atoms with van der Waals surface area (Å²) in [5.74, 6) is 0.411. The van der Waals surface area contributed by atoms with Gasteiger partial charge in [-0.05, 0) is 55.0 Å². The van der Waals surface area contributed by atoms with Gasteiger partial charge < -0.3 is 14.8 Å². The fourth-order valence-corrected chi connectivity index (χ4v) is 7.09. The van der Waals surface area contributed by atoms with Crippen molar-refractivity contribution in [3.8, 4) is 11.5 Å². The molecule has 3 atom stereocenters. The Labute approximate surface area is 192 Å². The number of carbonyl (C=O) groups excluding carboxylic acids is 1. The largest absolute Gasteiger partial charge is 0.486 e. The molecule has 1 saturated heterocycles. The third-order valence-electron chi connectivity index (χ3n) is 6.80. The maximum absolute atomic E-state index is 13.8. The van der Waals surface area contributed by atoms with Gasteiger partial charge in [0, 0.05) is 18.7 Å². The van der Waals surface area contributed by atoms with Crippen LogP contribution < -0.4 is 14.8 Å². The van der Waals surface area contributed by atoms with E-state index in [1.165, 1.54) is 28.6 Å². The molecule has 176 valence electrons. The normalized spacial score (nSPS) is 24.8. The molecule has 2 heterocycles. The Morgan fingerprint density at radius 2 is 1.76 bits per heavy atom. The van der Waals surface area contributed by atoms with Crippen molar-refractivity contribution in [3.63, 3.8) is 0 Å². The minimum Gasteiger partial charge on any atom is -0.486 e. The Balaban J connectivity index is 1.42. The number of hydrogen-bond acceptors (Lipinski definition) is 5. The van der Waals surface area contributed by atoms with Gasteiger partial charge in [-0.25, -0.2) is 12.8 Å². The zero-order valence-electron chi connectivity index (χ0n) is 18.2. The Bertz CT molecular complexity index is 1140. The van der Waals surface area contributed by atoms with Crippen LogP contribution in [0.3, 0.4) is 0 Å². The highest BCUT2D eigenvalue weighted by molar-refractivity contribution is 7.89. The Hall–Kier alpha value is -2.65. The molecule has 2 aromatic rings. The molecule has 0 radical (unpaired) electrons. The predicted molar refractivity (Wildman–Crippen MR) is 119 cm³/mol. The van der Waals surface area contributed by atoms with Crippen molar-refractivity contribution in [2.24, 2.45) is 5.92 Å². The van der Waals surface area contributed by atoms with Crippen LogP contribution in [0.2, 0.25) is 0 Å². The maximum Gasteiger partial charge on any atom is 0.244 e. The second-order valence-corrected chi connectivity index (χ2v) is 10.7. The van der Waals surface area contributed by atoms with E-state index in [0.717, 1.165) is 31.2 Å². The summed E-state index contributed by atoms with van der Waals surface area (Å²) < 4.78 is 53.3. The standard InChI is InChI=1S/C24H27FN2O5S/c25-18-7-5-16(6-8-18)15-26-24(28)21-13-17-3-1-2-4-20(17)27(21)33(29,30)19-9-10-22-23(14-19)32-12-11-31-22/h5-10,14,17,20-21H,1-4,11-13,15H2,(H,26,28)/t17-,20+,21+/m1/s1. The van der Waals surface area contributed by atoms with Gasteiger partial charge in [0.05, 0.1) is 4.90 Å². The van der Waals surface area contributed by atoms with Gasteiger partial charge >= 0.3 is 0 Å². The molecule has 1 N–H and O–H groups in total. The van der Waals surface area contributed by atoms with E-state index in [0.29, 0.717) is 31.1 Å². The lowest BCUT2D eigenvalue weighted by Crippen LogP contribution is -2.49. The van der Waals surface area contributed by atoms with Crippen LogP contribution in [0.15, 0.2) is 47.4 Å². The fraction of sp³-hybridized carbons (Fsp3) is 0.458. The van der Waals surface area contributed by atoms with Crippen LogP contribution >= 0.6 is 0 Å². The number of benzene rings is 2. The Morgan fingerprint density at radius 3 is 2.55 bits per heavy atom. The van der Waals surface area contributed by atoms with Crippen LogP contribution in [0, 0.1) is 11.7 Å². The summed E-state index contributed by atoms with van der Waals surface area (Å²) in [4.78, 5) is 13.3. The molecule has 3 aliphatic rings. The van der Waals surface area contributed by atoms with Crippen LogP contribution in [-0.2, 0) is 21.4 Å². The predicted octanol–water partition coefficient (Wildman–Crippen LogP) is 3.24. The SMILES string of the molecule is O=C(NCc1ccc(F)cc1)[C@@H]1C[C@H]2CCCC[C@@H]2N1S(=O)(=O)c1ccc2c(c1)OCCO2. The molecule has 9 heteroatoms. The first-order chi connectivity index (χ1) is 15.9. The van der Waals surface area contributed by atoms with E-state index in [1.807, 2.05) is 0 Å². The average molecular weight is 475 g/mol. The van der Waals surface area contributed by atoms with E-state index in [2.05, 4.69) is 5.32 Å². The Kier molecular flexibility index (Phi) is 6.01. The quantitative estimate of drug-likeness (QED) is 0.719. The molecule has 0 aromatic heterocycles. The van der Waals surface area contributed by atoms with Crippen LogP contribution in [0.1, 0.15) is 37.7 Å². The maximum atomic E-state index is 13.8. The summed E-state index contributed by atoms with van der Waals surface area (Å²) in [6.07, 6.45) is 4.15. The highest BCUT2D eigenvalue weighted by Crippen LogP contribution is 2.43. The summed E-state index contributed by atoms with van der Waals surface area (Å²) >= 11 is 0. The van der Waals surface area contributed by atoms with Crippen molar-refractivity contribution in [2.75, 3.05) is 13.2 Å². The monoisotopic (exact) mass is 474 g/mol. The number of carbonyl (C=O) groups is 1. The topological polar surface area (TPSA) is 84.9 Å². The van der Waals surface area contributed by atoms with Crippen molar-refractivity contribution in [3.05, 3.63) is 53.8 Å². The van der Waals surface area contributed by atoms with E-state index in [4.69, 9.17) is 9.47 Å². The number of ether oxygens (including phenoxy) is 2. The molecule has 5 rings (SSSR count). The third-order valence-corrected chi connectivity index (χ3v) is 8.73. The summed E-state index contributed by atoms with van der Waals surface area (Å²) in [6.45, 7) is 0.994. The summed E-state index contributed by atoms with van der Waals surface area (Å²) in [5, 5.41) is 2.86. The minimum atomic E-state index is -3.94. The number of amides is 1. The van der Waals surface area contributed by atoms with Crippen molar-refractivity contribution >= 4 is 15.9 Å². The van der Waals surface area contributed by atoms with Crippen molar-refractivity contribution in [1.29, 1.82) is 0 Å². The molecule has 7 nitrogen and oxygen atoms in total. The lowest BCUT2D eigenvalue weighted by atomic mass is 9.85. The van der Waals surface area contributed by atoms with Gasteiger partial charge in [-0.1, -0.05) is 25.0 Å². The van der Waals surface area contributed by atoms with Crippen LogP contribution in [-0.4, -0.2) is 43.9 Å². The second-order valence-electron chi connectivity index (χ2n) is 8.85. The molecule has 0 spiro atoms. The van der Waals surface area contributed by atoms with Crippen LogP contribution in [0.4, 0.5) is 4.39 Å². The number of nitrogens with zero attached hydrogens (tertiary/aromatic N) is 1. The van der Waals surface area contributed by atoms with Crippen LogP contribution in [0.25, 0.3) is 0 Å². The number of fused-ring (bicyclic) bond motifs is 2. The van der Waals surface area contributed by atoms with Gasteiger partial charge in [-0.3, -0.25) is 4.79 Å². The first kappa shape index (κ1) is 22.2. The Morgan fingerprint density at radius 1 is 1.03 bits per heavy atom. The van der Waals surface area contributed by atoms with Crippen molar-refractivity contribution in [2.45, 2.75) is 55.6 Å². The highest BCUT2D eigenvalue weighted by Gasteiger charge is 2.51. The zero-order chi connectivity index (χ0) is 23.0. The molecule has 0 bridgehead atoms. The highest BCUT2D eigenvalue weighted by atomic mass is 32.2. The molecule has 1 saturated carbocycles. The van der Waals surface area contributed by atoms with Gasteiger partial charge in [0.2, 0.25) is 15.9 Å². The fourth-order valence-electron chi connectivity index (χ4n) is 5.20. The third kappa shape index (κ3) is 4.31. The minimum absolute atomic E-state index is 0.106. The number of nitrogens with one attached hydrogen (secondary N) is 1. The lowest BCUT2D eigenvalue weighted by Gasteiger charge is -2.33. The van der Waals surface area contributed by atoms with Gasteiger partial charge in [0.25, 0.3) is 0 Å². The lowest BCUT2D eigenvalue weighted by molar-refractivity contribution is -0.124. The first-order valence-electron chi connectivity index (χ1n) is 11.4. The molecule has 1 amide bonds. The number of hydrogen-bond donors (Lipinski definition) is 1. The average Bonchev–Trinajstić information content (AvgIpc) is 3.24. The summed E-state index contributed by atoms with van der Waals surface area (Å²) in [7, 11) is -3.94. The molecular formula is C24H27FN2O5S. The van der Waals surface area contributed by atoms with E-state index in [9.17, 15) is 17.6 Å². The van der Waals surface area contributed by atoms with E-state index < -0.39 is 16.1 Å². The van der Waals surface area contributed by atoms with Crippen molar-refractivity contribution < 1.29 is 27.1 Å². The van der Waals surface area contributed by atoms with E-state index in [-0.39, 0.29) is 35.1 Å². The van der Waals surface area contributed by atoms with Crippen LogP contribution in [0.5, 0.6) is 11.5 Å². The van der Waals surface area contributed by atoms with Gasteiger partial charge in [-0.15, -0.1) is 0 Å². The molecule has 0 unspecified atom stereocenters. The molecule has 2 aromatic carbocycles. The smallest absolute Gasteiger partial charge is 0.244 e. The summed E-state index contributed by atoms with van der Waals surface area (Å²) in [5.41, 5.74) is 0.751. The summed E-state index contributed by atoms with van der Waals surface area (Å²) in [6, 6.07) is 9.53. The van der Waals surface area contributed by atoms with Crippen molar-refractivity contribution in [1.82, 2.24) is 9.62 Å². The molecule has 2 aliphatic heterocycles. The molecule has 1 aliphatic carbocycles. The molecular weight excluding hydrogens is 447 g/mol. The van der Waals surface area contributed by atoms with Gasteiger partial charge in [0.1, 0.15) is 25.1 Å². The molecule has 33 heavy (non-hydrogen) atoms. The van der Waals surface area contributed by atoms with Gasteiger partial charge in [0.15, 0.2) is 11.5 Å². The van der Waals surface area contributed by atoms with E-state index in [1.54, 1.807) is 18.2 Å². The number of rotatable bonds is 5.